The van der Waals surface area contributed by atoms with Crippen molar-refractivity contribution < 1.29 is 0 Å². The van der Waals surface area contributed by atoms with E-state index in [4.69, 9.17) is 0 Å². The zero-order valence-corrected chi connectivity index (χ0v) is 14.3. The molecule has 0 saturated heterocycles. The van der Waals surface area contributed by atoms with E-state index in [0.717, 1.165) is 36.3 Å². The van der Waals surface area contributed by atoms with Gasteiger partial charge in [0, 0.05) is 41.2 Å². The van der Waals surface area contributed by atoms with Gasteiger partial charge in [-0.3, -0.25) is 0 Å². The second-order valence-corrected chi connectivity index (χ2v) is 6.62. The Balaban J connectivity index is 2.05. The lowest BCUT2D eigenvalue weighted by Crippen LogP contribution is -2.24. The van der Waals surface area contributed by atoms with Gasteiger partial charge in [0.25, 0.3) is 0 Å². The molecule has 2 rings (SSSR count). The zero-order chi connectivity index (χ0) is 14.4. The number of nitrogens with zero attached hydrogens (tertiary/aromatic N) is 2. The van der Waals surface area contributed by atoms with Gasteiger partial charge >= 0.3 is 0 Å². The van der Waals surface area contributed by atoms with E-state index in [-0.39, 0.29) is 0 Å². The monoisotopic (exact) mass is 353 g/mol. The van der Waals surface area contributed by atoms with E-state index in [2.05, 4.69) is 68.7 Å². The molecule has 20 heavy (non-hydrogen) atoms. The molecule has 0 aromatic carbocycles. The normalized spacial score (nSPS) is 10.8. The summed E-state index contributed by atoms with van der Waals surface area (Å²) in [5.74, 6) is 1.06. The van der Waals surface area contributed by atoms with E-state index in [1.165, 1.54) is 10.4 Å². The summed E-state index contributed by atoms with van der Waals surface area (Å²) >= 11 is 5.31. The summed E-state index contributed by atoms with van der Waals surface area (Å²) in [6, 6.07) is 6.44. The van der Waals surface area contributed by atoms with Crippen LogP contribution in [-0.4, -0.2) is 25.1 Å². The Morgan fingerprint density at radius 1 is 1.45 bits per heavy atom. The number of rotatable bonds is 7. The third kappa shape index (κ3) is 4.30. The summed E-state index contributed by atoms with van der Waals surface area (Å²) in [6.45, 7) is 4.91. The molecule has 1 N–H and O–H groups in total. The van der Waals surface area contributed by atoms with Crippen molar-refractivity contribution in [2.24, 2.45) is 0 Å². The fourth-order valence-corrected chi connectivity index (χ4v) is 3.12. The van der Waals surface area contributed by atoms with Crippen LogP contribution in [0.15, 0.2) is 34.2 Å². The average molecular weight is 354 g/mol. The number of thiophene rings is 1. The van der Waals surface area contributed by atoms with Gasteiger partial charge in [-0.1, -0.05) is 13.0 Å². The van der Waals surface area contributed by atoms with Crippen LogP contribution in [-0.2, 0) is 13.0 Å². The van der Waals surface area contributed by atoms with E-state index >= 15 is 0 Å². The van der Waals surface area contributed by atoms with E-state index in [1.54, 1.807) is 0 Å². The Morgan fingerprint density at radius 2 is 2.30 bits per heavy atom. The van der Waals surface area contributed by atoms with E-state index < -0.39 is 0 Å². The van der Waals surface area contributed by atoms with Gasteiger partial charge in [0.15, 0.2) is 0 Å². The molecule has 0 aliphatic rings. The van der Waals surface area contributed by atoms with Gasteiger partial charge in [0.2, 0.25) is 0 Å². The maximum atomic E-state index is 4.57. The predicted molar refractivity (Wildman–Crippen MR) is 90.6 cm³/mol. The maximum absolute atomic E-state index is 4.57. The van der Waals surface area contributed by atoms with Crippen LogP contribution >= 0.6 is 27.3 Å². The van der Waals surface area contributed by atoms with E-state index in [9.17, 15) is 0 Å². The minimum absolute atomic E-state index is 0.849. The van der Waals surface area contributed by atoms with Crippen LogP contribution in [0.25, 0.3) is 0 Å². The zero-order valence-electron chi connectivity index (χ0n) is 11.9. The highest BCUT2D eigenvalue weighted by Crippen LogP contribution is 2.21. The molecule has 0 amide bonds. The highest BCUT2D eigenvalue weighted by molar-refractivity contribution is 9.10. The third-order valence-electron chi connectivity index (χ3n) is 3.11. The van der Waals surface area contributed by atoms with Crippen LogP contribution in [0.5, 0.6) is 0 Å². The Hall–Kier alpha value is -0.910. The highest BCUT2D eigenvalue weighted by atomic mass is 79.9. The van der Waals surface area contributed by atoms with Crippen molar-refractivity contribution in [3.63, 3.8) is 0 Å². The number of halogens is 1. The fourth-order valence-electron chi connectivity index (χ4n) is 2.05. The van der Waals surface area contributed by atoms with Crippen molar-refractivity contribution in [1.82, 2.24) is 10.3 Å². The first-order valence-electron chi connectivity index (χ1n) is 6.79. The van der Waals surface area contributed by atoms with Gasteiger partial charge in [0.1, 0.15) is 5.82 Å². The maximum Gasteiger partial charge on any atom is 0.132 e. The van der Waals surface area contributed by atoms with Crippen molar-refractivity contribution >= 4 is 33.1 Å². The lowest BCUT2D eigenvalue weighted by Gasteiger charge is -2.21. The number of hydrogen-bond donors (Lipinski definition) is 1. The second kappa shape index (κ2) is 7.76. The van der Waals surface area contributed by atoms with Gasteiger partial charge in [-0.05, 0) is 46.4 Å². The first kappa shape index (κ1) is 15.5. The van der Waals surface area contributed by atoms with Crippen molar-refractivity contribution in [2.75, 3.05) is 25.0 Å². The average Bonchev–Trinajstić information content (AvgIpc) is 2.96. The summed E-state index contributed by atoms with van der Waals surface area (Å²) in [5.41, 5.74) is 1.23. The number of hydrogen-bond acceptors (Lipinski definition) is 4. The molecule has 0 spiro atoms. The molecule has 108 valence electrons. The number of aromatic nitrogens is 1. The summed E-state index contributed by atoms with van der Waals surface area (Å²) in [6.07, 6.45) is 2.93. The lowest BCUT2D eigenvalue weighted by atomic mass is 10.2. The molecule has 0 bridgehead atoms. The number of nitrogens with one attached hydrogen (secondary N) is 1. The first-order valence-corrected chi connectivity index (χ1v) is 8.46. The minimum Gasteiger partial charge on any atom is -0.359 e. The van der Waals surface area contributed by atoms with Crippen molar-refractivity contribution in [1.29, 1.82) is 0 Å². The Morgan fingerprint density at radius 3 is 3.00 bits per heavy atom. The van der Waals surface area contributed by atoms with E-state index in [0.29, 0.717) is 0 Å². The van der Waals surface area contributed by atoms with Crippen LogP contribution in [0.4, 0.5) is 5.82 Å². The predicted octanol–water partition coefficient (Wildman–Crippen LogP) is 3.69. The smallest absolute Gasteiger partial charge is 0.132 e. The number of pyridine rings is 1. The quantitative estimate of drug-likeness (QED) is 0.822. The first-order chi connectivity index (χ1) is 9.70. The Kier molecular flexibility index (Phi) is 6.01. The van der Waals surface area contributed by atoms with Gasteiger partial charge < -0.3 is 10.2 Å². The van der Waals surface area contributed by atoms with Gasteiger partial charge in [0.05, 0.1) is 0 Å². The van der Waals surface area contributed by atoms with Crippen LogP contribution in [0.1, 0.15) is 17.4 Å². The molecule has 2 heterocycles. The lowest BCUT2D eigenvalue weighted by molar-refractivity contribution is 0.718. The summed E-state index contributed by atoms with van der Waals surface area (Å²) in [4.78, 5) is 8.23. The minimum atomic E-state index is 0.849. The molecule has 2 aromatic heterocycles. The van der Waals surface area contributed by atoms with Crippen molar-refractivity contribution in [3.05, 3.63) is 44.7 Å². The topological polar surface area (TPSA) is 28.2 Å². The molecular weight excluding hydrogens is 334 g/mol. The van der Waals surface area contributed by atoms with E-state index in [1.807, 2.05) is 17.5 Å². The summed E-state index contributed by atoms with van der Waals surface area (Å²) in [5, 5.41) is 5.50. The molecule has 0 saturated carbocycles. The molecule has 3 nitrogen and oxygen atoms in total. The molecule has 0 fully saturated rings. The molecule has 0 atom stereocenters. The molecule has 0 aliphatic carbocycles. The van der Waals surface area contributed by atoms with Crippen molar-refractivity contribution in [2.45, 2.75) is 19.9 Å². The number of anilines is 1. The third-order valence-corrected chi connectivity index (χ3v) is 4.48. The molecular formula is C15H20BrN3S. The molecule has 0 unspecified atom stereocenters. The number of likely N-dealkylation sites (N-methyl/N-ethyl adjacent to an activating group) is 1. The van der Waals surface area contributed by atoms with Crippen LogP contribution in [0, 0.1) is 0 Å². The van der Waals surface area contributed by atoms with Gasteiger partial charge in [-0.15, -0.1) is 11.3 Å². The Labute approximate surface area is 133 Å². The van der Waals surface area contributed by atoms with Crippen LogP contribution in [0.2, 0.25) is 0 Å². The van der Waals surface area contributed by atoms with Gasteiger partial charge in [-0.2, -0.15) is 0 Å². The highest BCUT2D eigenvalue weighted by Gasteiger charge is 2.10. The van der Waals surface area contributed by atoms with Crippen molar-refractivity contribution in [3.8, 4) is 0 Å². The van der Waals surface area contributed by atoms with Crippen LogP contribution < -0.4 is 10.2 Å². The second-order valence-electron chi connectivity index (χ2n) is 4.67. The molecule has 0 aliphatic heterocycles. The summed E-state index contributed by atoms with van der Waals surface area (Å²) < 4.78 is 1.03. The SMILES string of the molecule is CCNCc1cc(Br)cnc1N(C)CCc1cccs1. The Bertz CT molecular complexity index is 528. The molecule has 5 heteroatoms. The standard InChI is InChI=1S/C15H20BrN3S/c1-3-17-10-12-9-13(16)11-18-15(12)19(2)7-6-14-5-4-8-20-14/h4-5,8-9,11,17H,3,6-7,10H2,1-2H3. The largest absolute Gasteiger partial charge is 0.359 e. The van der Waals surface area contributed by atoms with Crippen LogP contribution in [0.3, 0.4) is 0 Å². The summed E-state index contributed by atoms with van der Waals surface area (Å²) in [7, 11) is 2.11. The van der Waals surface area contributed by atoms with Gasteiger partial charge in [-0.25, -0.2) is 4.98 Å². The molecule has 0 radical (unpaired) electrons. The fraction of sp³-hybridized carbons (Fsp3) is 0.400. The molecule has 2 aromatic rings.